The summed E-state index contributed by atoms with van der Waals surface area (Å²) in [4.78, 5) is 0. The van der Waals surface area contributed by atoms with E-state index in [1.807, 2.05) is 12.3 Å². The van der Waals surface area contributed by atoms with Crippen molar-refractivity contribution in [2.45, 2.75) is 13.8 Å². The summed E-state index contributed by atoms with van der Waals surface area (Å²) in [6.07, 6.45) is 2.04. The molecule has 0 radical (unpaired) electrons. The highest BCUT2D eigenvalue weighted by Crippen LogP contribution is 2.14. The first-order valence-corrected chi connectivity index (χ1v) is 5.81. The third-order valence-corrected chi connectivity index (χ3v) is 2.74. The van der Waals surface area contributed by atoms with E-state index in [1.165, 1.54) is 16.7 Å². The van der Waals surface area contributed by atoms with Gasteiger partial charge in [-0.2, -0.15) is 0 Å². The Morgan fingerprint density at radius 1 is 0.941 bits per heavy atom. The SMILES string of the molecule is C/C(=C\Nc1ccc(C)cc1)c1ccccc1. The van der Waals surface area contributed by atoms with Gasteiger partial charge >= 0.3 is 0 Å². The second-order valence-corrected chi connectivity index (χ2v) is 4.20. The molecule has 0 spiro atoms. The zero-order chi connectivity index (χ0) is 12.1. The number of anilines is 1. The smallest absolute Gasteiger partial charge is 0.0380 e. The van der Waals surface area contributed by atoms with Gasteiger partial charge in [-0.25, -0.2) is 0 Å². The molecular formula is C16H17N. The fourth-order valence-electron chi connectivity index (χ4n) is 1.63. The lowest BCUT2D eigenvalue weighted by molar-refractivity contribution is 1.45. The van der Waals surface area contributed by atoms with E-state index >= 15 is 0 Å². The van der Waals surface area contributed by atoms with E-state index in [0.29, 0.717) is 0 Å². The van der Waals surface area contributed by atoms with Crippen molar-refractivity contribution in [3.05, 3.63) is 71.9 Å². The van der Waals surface area contributed by atoms with Crippen LogP contribution in [0.4, 0.5) is 5.69 Å². The Hall–Kier alpha value is -2.02. The Morgan fingerprint density at radius 3 is 2.24 bits per heavy atom. The van der Waals surface area contributed by atoms with Crippen LogP contribution in [-0.2, 0) is 0 Å². The van der Waals surface area contributed by atoms with Gasteiger partial charge in [-0.1, -0.05) is 48.0 Å². The summed E-state index contributed by atoms with van der Waals surface area (Å²) < 4.78 is 0. The molecule has 0 aromatic heterocycles. The van der Waals surface area contributed by atoms with Crippen LogP contribution in [0.1, 0.15) is 18.1 Å². The van der Waals surface area contributed by atoms with Gasteiger partial charge in [-0.15, -0.1) is 0 Å². The van der Waals surface area contributed by atoms with Gasteiger partial charge in [-0.3, -0.25) is 0 Å². The number of nitrogens with one attached hydrogen (secondary N) is 1. The first-order chi connectivity index (χ1) is 8.25. The van der Waals surface area contributed by atoms with Crippen LogP contribution in [-0.4, -0.2) is 0 Å². The molecule has 2 aromatic rings. The minimum absolute atomic E-state index is 1.12. The Labute approximate surface area is 103 Å². The summed E-state index contributed by atoms with van der Waals surface area (Å²) in [5.41, 5.74) is 4.86. The van der Waals surface area contributed by atoms with Crippen molar-refractivity contribution < 1.29 is 0 Å². The molecule has 0 saturated carbocycles. The van der Waals surface area contributed by atoms with Crippen LogP contribution < -0.4 is 5.32 Å². The fraction of sp³-hybridized carbons (Fsp3) is 0.125. The zero-order valence-corrected chi connectivity index (χ0v) is 10.3. The number of benzene rings is 2. The van der Waals surface area contributed by atoms with Gasteiger partial charge < -0.3 is 5.32 Å². The van der Waals surface area contributed by atoms with Gasteiger partial charge in [0, 0.05) is 11.9 Å². The van der Waals surface area contributed by atoms with Crippen LogP contribution in [0.3, 0.4) is 0 Å². The molecule has 1 heteroatoms. The summed E-state index contributed by atoms with van der Waals surface area (Å²) in [7, 11) is 0. The van der Waals surface area contributed by atoms with E-state index in [0.717, 1.165) is 5.69 Å². The summed E-state index contributed by atoms with van der Waals surface area (Å²) >= 11 is 0. The highest BCUT2D eigenvalue weighted by Gasteiger charge is 1.93. The second-order valence-electron chi connectivity index (χ2n) is 4.20. The van der Waals surface area contributed by atoms with E-state index in [9.17, 15) is 0 Å². The van der Waals surface area contributed by atoms with Crippen molar-refractivity contribution in [3.8, 4) is 0 Å². The first kappa shape index (κ1) is 11.5. The van der Waals surface area contributed by atoms with E-state index in [1.54, 1.807) is 0 Å². The van der Waals surface area contributed by atoms with Gasteiger partial charge in [0.1, 0.15) is 0 Å². The van der Waals surface area contributed by atoms with Gasteiger partial charge in [0.15, 0.2) is 0 Å². The highest BCUT2D eigenvalue weighted by atomic mass is 14.8. The Morgan fingerprint density at radius 2 is 1.59 bits per heavy atom. The van der Waals surface area contributed by atoms with Crippen LogP contribution in [0.5, 0.6) is 0 Å². The van der Waals surface area contributed by atoms with Crippen molar-refractivity contribution in [2.75, 3.05) is 5.32 Å². The van der Waals surface area contributed by atoms with E-state index in [2.05, 4.69) is 67.7 Å². The van der Waals surface area contributed by atoms with Crippen LogP contribution in [0, 0.1) is 6.92 Å². The first-order valence-electron chi connectivity index (χ1n) is 5.81. The lowest BCUT2D eigenvalue weighted by Gasteiger charge is -2.04. The molecule has 2 rings (SSSR count). The van der Waals surface area contributed by atoms with Crippen molar-refractivity contribution in [2.24, 2.45) is 0 Å². The van der Waals surface area contributed by atoms with Gasteiger partial charge in [0.05, 0.1) is 0 Å². The second kappa shape index (κ2) is 5.35. The molecule has 1 N–H and O–H groups in total. The van der Waals surface area contributed by atoms with E-state index in [4.69, 9.17) is 0 Å². The summed E-state index contributed by atoms with van der Waals surface area (Å²) in [6.45, 7) is 4.20. The Kier molecular flexibility index (Phi) is 3.61. The van der Waals surface area contributed by atoms with Crippen LogP contribution in [0.2, 0.25) is 0 Å². The standard InChI is InChI=1S/C16H17N/c1-13-8-10-16(11-9-13)17-12-14(2)15-6-4-3-5-7-15/h3-12,17H,1-2H3/b14-12+. The predicted molar refractivity (Wildman–Crippen MR) is 74.9 cm³/mol. The van der Waals surface area contributed by atoms with Crippen molar-refractivity contribution >= 4 is 11.3 Å². The van der Waals surface area contributed by atoms with Gasteiger partial charge in [-0.05, 0) is 37.1 Å². The molecule has 86 valence electrons. The predicted octanol–water partition coefficient (Wildman–Crippen LogP) is 4.47. The maximum atomic E-state index is 3.31. The summed E-state index contributed by atoms with van der Waals surface area (Å²) in [6, 6.07) is 18.8. The van der Waals surface area contributed by atoms with Crippen molar-refractivity contribution in [1.29, 1.82) is 0 Å². The number of hydrogen-bond donors (Lipinski definition) is 1. The number of aryl methyl sites for hydroxylation is 1. The highest BCUT2D eigenvalue weighted by molar-refractivity contribution is 5.66. The fourth-order valence-corrected chi connectivity index (χ4v) is 1.63. The molecule has 0 amide bonds. The average molecular weight is 223 g/mol. The molecule has 1 nitrogen and oxygen atoms in total. The largest absolute Gasteiger partial charge is 0.361 e. The molecule has 0 aliphatic heterocycles. The van der Waals surface area contributed by atoms with Crippen LogP contribution >= 0.6 is 0 Å². The molecule has 2 aromatic carbocycles. The minimum Gasteiger partial charge on any atom is -0.361 e. The third-order valence-electron chi connectivity index (χ3n) is 2.74. The molecule has 0 saturated heterocycles. The van der Waals surface area contributed by atoms with E-state index < -0.39 is 0 Å². The van der Waals surface area contributed by atoms with Gasteiger partial charge in [0.25, 0.3) is 0 Å². The minimum atomic E-state index is 1.12. The van der Waals surface area contributed by atoms with Crippen molar-refractivity contribution in [1.82, 2.24) is 0 Å². The number of rotatable bonds is 3. The summed E-state index contributed by atoms with van der Waals surface area (Å²) in [5.74, 6) is 0. The molecule has 0 heterocycles. The van der Waals surface area contributed by atoms with Crippen molar-refractivity contribution in [3.63, 3.8) is 0 Å². The monoisotopic (exact) mass is 223 g/mol. The number of hydrogen-bond acceptors (Lipinski definition) is 1. The average Bonchev–Trinajstić information content (AvgIpc) is 2.39. The Balaban J connectivity index is 2.08. The van der Waals surface area contributed by atoms with Crippen LogP contribution in [0.15, 0.2) is 60.8 Å². The lowest BCUT2D eigenvalue weighted by Crippen LogP contribution is -1.89. The molecule has 0 aliphatic rings. The quantitative estimate of drug-likeness (QED) is 0.809. The zero-order valence-electron chi connectivity index (χ0n) is 10.3. The molecule has 0 fully saturated rings. The third kappa shape index (κ3) is 3.22. The normalized spacial score (nSPS) is 11.3. The molecule has 17 heavy (non-hydrogen) atoms. The van der Waals surface area contributed by atoms with Crippen LogP contribution in [0.25, 0.3) is 5.57 Å². The molecule has 0 bridgehead atoms. The lowest BCUT2D eigenvalue weighted by atomic mass is 10.1. The maximum Gasteiger partial charge on any atom is 0.0380 e. The van der Waals surface area contributed by atoms with Gasteiger partial charge in [0.2, 0.25) is 0 Å². The summed E-state index contributed by atoms with van der Waals surface area (Å²) in [5, 5.41) is 3.31. The number of allylic oxidation sites excluding steroid dienone is 1. The maximum absolute atomic E-state index is 3.31. The van der Waals surface area contributed by atoms with E-state index in [-0.39, 0.29) is 0 Å². The Bertz CT molecular complexity index is 495. The molecule has 0 aliphatic carbocycles. The molecular weight excluding hydrogens is 206 g/mol. The molecule has 0 unspecified atom stereocenters. The topological polar surface area (TPSA) is 12.0 Å². The molecule has 0 atom stereocenters.